The summed E-state index contributed by atoms with van der Waals surface area (Å²) >= 11 is 6.07. The third-order valence-corrected chi connectivity index (χ3v) is 4.52. The lowest BCUT2D eigenvalue weighted by molar-refractivity contribution is 0.462. The average molecular weight is 332 g/mol. The minimum Gasteiger partial charge on any atom is -0.393 e. The molecule has 0 radical (unpaired) electrons. The first-order chi connectivity index (χ1) is 11.1. The fourth-order valence-corrected chi connectivity index (χ4v) is 3.08. The first-order valence-corrected chi connectivity index (χ1v) is 8.41. The molecule has 6 heteroatoms. The summed E-state index contributed by atoms with van der Waals surface area (Å²) < 4.78 is 0. The first-order valence-electron chi connectivity index (χ1n) is 8.03. The number of anilines is 4. The van der Waals surface area contributed by atoms with Gasteiger partial charge < -0.3 is 16.4 Å². The highest BCUT2D eigenvalue weighted by Gasteiger charge is 2.16. The molecule has 3 rings (SSSR count). The fourth-order valence-electron chi connectivity index (χ4n) is 2.91. The summed E-state index contributed by atoms with van der Waals surface area (Å²) in [6.07, 6.45) is 7.70. The molecule has 0 amide bonds. The Morgan fingerprint density at radius 3 is 2.65 bits per heavy atom. The zero-order valence-electron chi connectivity index (χ0n) is 13.3. The highest BCUT2D eigenvalue weighted by atomic mass is 35.5. The van der Waals surface area contributed by atoms with Gasteiger partial charge in [-0.1, -0.05) is 36.9 Å². The van der Waals surface area contributed by atoms with Gasteiger partial charge in [0.2, 0.25) is 0 Å². The molecule has 1 heterocycles. The number of nitrogens with zero attached hydrogens (tertiary/aromatic N) is 2. The summed E-state index contributed by atoms with van der Waals surface area (Å²) in [6.45, 7) is 2.01. The van der Waals surface area contributed by atoms with Crippen LogP contribution in [0.2, 0.25) is 5.02 Å². The van der Waals surface area contributed by atoms with Gasteiger partial charge in [-0.05, 0) is 37.5 Å². The van der Waals surface area contributed by atoms with Crippen LogP contribution in [-0.4, -0.2) is 16.0 Å². The normalized spacial score (nSPS) is 15.4. The second kappa shape index (κ2) is 7.04. The number of benzene rings is 1. The van der Waals surface area contributed by atoms with Crippen LogP contribution < -0.4 is 16.4 Å². The zero-order valence-corrected chi connectivity index (χ0v) is 14.0. The molecular weight excluding hydrogens is 310 g/mol. The summed E-state index contributed by atoms with van der Waals surface area (Å²) in [5, 5.41) is 7.39. The van der Waals surface area contributed by atoms with E-state index < -0.39 is 0 Å². The van der Waals surface area contributed by atoms with Crippen LogP contribution in [0.4, 0.5) is 23.0 Å². The van der Waals surface area contributed by atoms with Crippen LogP contribution >= 0.6 is 11.6 Å². The van der Waals surface area contributed by atoms with E-state index in [1.165, 1.54) is 38.4 Å². The zero-order chi connectivity index (χ0) is 16.2. The van der Waals surface area contributed by atoms with E-state index in [-0.39, 0.29) is 0 Å². The topological polar surface area (TPSA) is 75.9 Å². The van der Waals surface area contributed by atoms with Crippen LogP contribution in [0, 0.1) is 6.92 Å². The van der Waals surface area contributed by atoms with Crippen LogP contribution in [-0.2, 0) is 0 Å². The third kappa shape index (κ3) is 3.85. The largest absolute Gasteiger partial charge is 0.393 e. The SMILES string of the molecule is Cc1ccc(Cl)cc1Nc1ncnc(NC2CCCCC2)c1N. The molecule has 23 heavy (non-hydrogen) atoms. The maximum atomic E-state index is 6.25. The van der Waals surface area contributed by atoms with E-state index in [9.17, 15) is 0 Å². The Morgan fingerprint density at radius 1 is 1.13 bits per heavy atom. The molecule has 1 aliphatic rings. The molecule has 0 spiro atoms. The summed E-state index contributed by atoms with van der Waals surface area (Å²) in [5.41, 5.74) is 8.77. The summed E-state index contributed by atoms with van der Waals surface area (Å²) in [6, 6.07) is 6.14. The van der Waals surface area contributed by atoms with E-state index in [4.69, 9.17) is 17.3 Å². The standard InChI is InChI=1S/C17H22ClN5/c1-11-7-8-12(18)9-14(11)23-17-15(19)16(20-10-21-17)22-13-5-3-2-4-6-13/h7-10,13H,2-6,19H2,1H3,(H2,20,21,22,23). The second-order valence-electron chi connectivity index (χ2n) is 6.05. The lowest BCUT2D eigenvalue weighted by Crippen LogP contribution is -2.23. The molecular formula is C17H22ClN5. The molecule has 0 aliphatic heterocycles. The monoisotopic (exact) mass is 331 g/mol. The number of rotatable bonds is 4. The van der Waals surface area contributed by atoms with Crippen molar-refractivity contribution >= 4 is 34.6 Å². The van der Waals surface area contributed by atoms with E-state index in [1.807, 2.05) is 25.1 Å². The molecule has 1 aromatic carbocycles. The minimum atomic E-state index is 0.446. The molecule has 1 aromatic heterocycles. The maximum absolute atomic E-state index is 6.25. The van der Waals surface area contributed by atoms with Crippen molar-refractivity contribution in [3.8, 4) is 0 Å². The van der Waals surface area contributed by atoms with Crippen LogP contribution in [0.5, 0.6) is 0 Å². The number of nitrogen functional groups attached to an aromatic ring is 1. The summed E-state index contributed by atoms with van der Waals surface area (Å²) in [4.78, 5) is 8.57. The fraction of sp³-hybridized carbons (Fsp3) is 0.412. The van der Waals surface area contributed by atoms with Crippen LogP contribution in [0.3, 0.4) is 0 Å². The van der Waals surface area contributed by atoms with E-state index >= 15 is 0 Å². The molecule has 0 atom stereocenters. The van der Waals surface area contributed by atoms with Gasteiger partial charge in [0, 0.05) is 16.8 Å². The number of nitrogens with one attached hydrogen (secondary N) is 2. The Morgan fingerprint density at radius 2 is 1.87 bits per heavy atom. The van der Waals surface area contributed by atoms with Crippen molar-refractivity contribution in [3.05, 3.63) is 35.1 Å². The van der Waals surface area contributed by atoms with Gasteiger partial charge in [0.05, 0.1) is 0 Å². The van der Waals surface area contributed by atoms with Gasteiger partial charge in [0.1, 0.15) is 12.0 Å². The third-order valence-electron chi connectivity index (χ3n) is 4.28. The van der Waals surface area contributed by atoms with E-state index in [0.717, 1.165) is 11.3 Å². The molecule has 0 bridgehead atoms. The molecule has 1 fully saturated rings. The highest BCUT2D eigenvalue weighted by molar-refractivity contribution is 6.30. The number of hydrogen-bond donors (Lipinski definition) is 3. The van der Waals surface area contributed by atoms with Gasteiger partial charge in [-0.15, -0.1) is 0 Å². The second-order valence-corrected chi connectivity index (χ2v) is 6.48. The number of hydrogen-bond acceptors (Lipinski definition) is 5. The molecule has 0 unspecified atom stereocenters. The Hall–Kier alpha value is -2.01. The Kier molecular flexibility index (Phi) is 4.86. The van der Waals surface area contributed by atoms with Crippen molar-refractivity contribution in [1.29, 1.82) is 0 Å². The van der Waals surface area contributed by atoms with Crippen molar-refractivity contribution < 1.29 is 0 Å². The number of aryl methyl sites for hydroxylation is 1. The maximum Gasteiger partial charge on any atom is 0.159 e. The molecule has 0 saturated heterocycles. The number of nitrogens with two attached hydrogens (primary N) is 1. The molecule has 5 nitrogen and oxygen atoms in total. The summed E-state index contributed by atoms with van der Waals surface area (Å²) in [7, 11) is 0. The van der Waals surface area contributed by atoms with Crippen molar-refractivity contribution in [3.63, 3.8) is 0 Å². The van der Waals surface area contributed by atoms with Gasteiger partial charge >= 0.3 is 0 Å². The van der Waals surface area contributed by atoms with E-state index in [0.29, 0.717) is 28.4 Å². The molecule has 2 aromatic rings. The Labute approximate surface area is 141 Å². The smallest absolute Gasteiger partial charge is 0.159 e. The first kappa shape index (κ1) is 15.9. The number of aromatic nitrogens is 2. The van der Waals surface area contributed by atoms with E-state index in [2.05, 4.69) is 20.6 Å². The van der Waals surface area contributed by atoms with Gasteiger partial charge in [-0.3, -0.25) is 0 Å². The number of halogens is 1. The highest BCUT2D eigenvalue weighted by Crippen LogP contribution is 2.30. The minimum absolute atomic E-state index is 0.446. The van der Waals surface area contributed by atoms with Crippen LogP contribution in [0.25, 0.3) is 0 Å². The Bertz CT molecular complexity index is 683. The predicted octanol–water partition coefficient (Wildman–Crippen LogP) is 4.51. The van der Waals surface area contributed by atoms with Crippen molar-refractivity contribution in [2.45, 2.75) is 45.1 Å². The lowest BCUT2D eigenvalue weighted by Gasteiger charge is -2.24. The van der Waals surface area contributed by atoms with Gasteiger partial charge in [-0.25, -0.2) is 9.97 Å². The lowest BCUT2D eigenvalue weighted by atomic mass is 9.95. The van der Waals surface area contributed by atoms with Crippen LogP contribution in [0.1, 0.15) is 37.7 Å². The molecule has 4 N–H and O–H groups in total. The van der Waals surface area contributed by atoms with Gasteiger partial charge in [-0.2, -0.15) is 0 Å². The van der Waals surface area contributed by atoms with Crippen molar-refractivity contribution in [1.82, 2.24) is 9.97 Å². The average Bonchev–Trinajstić information content (AvgIpc) is 2.55. The van der Waals surface area contributed by atoms with E-state index in [1.54, 1.807) is 0 Å². The summed E-state index contributed by atoms with van der Waals surface area (Å²) in [5.74, 6) is 1.30. The molecule has 1 aliphatic carbocycles. The molecule has 122 valence electrons. The van der Waals surface area contributed by atoms with Crippen molar-refractivity contribution in [2.24, 2.45) is 0 Å². The van der Waals surface area contributed by atoms with Crippen LogP contribution in [0.15, 0.2) is 24.5 Å². The van der Waals surface area contributed by atoms with Gasteiger partial charge in [0.15, 0.2) is 11.6 Å². The van der Waals surface area contributed by atoms with Gasteiger partial charge in [0.25, 0.3) is 0 Å². The quantitative estimate of drug-likeness (QED) is 0.768. The van der Waals surface area contributed by atoms with Crippen molar-refractivity contribution in [2.75, 3.05) is 16.4 Å². The Balaban J connectivity index is 1.80. The predicted molar refractivity (Wildman–Crippen MR) is 96.4 cm³/mol. The molecule has 1 saturated carbocycles.